The van der Waals surface area contributed by atoms with Crippen molar-refractivity contribution in [3.8, 4) is 0 Å². The molecule has 1 saturated carbocycles. The molecule has 1 aliphatic heterocycles. The lowest BCUT2D eigenvalue weighted by Crippen LogP contribution is -2.44. The maximum atomic E-state index is 13.2. The summed E-state index contributed by atoms with van der Waals surface area (Å²) in [4.78, 5) is 20.1. The van der Waals surface area contributed by atoms with E-state index in [1.807, 2.05) is 6.33 Å². The molecule has 1 N–H and O–H groups in total. The zero-order chi connectivity index (χ0) is 18.3. The average Bonchev–Trinajstić information content (AvgIpc) is 3.31. The first-order chi connectivity index (χ1) is 12.5. The van der Waals surface area contributed by atoms with E-state index in [0.29, 0.717) is 11.6 Å². The molecule has 1 atom stereocenters. The number of carbonyl (C=O) groups excluding carboxylic acids is 1. The zero-order valence-electron chi connectivity index (χ0n) is 15.3. The van der Waals surface area contributed by atoms with Gasteiger partial charge in [-0.2, -0.15) is 0 Å². The van der Waals surface area contributed by atoms with E-state index in [1.165, 1.54) is 25.0 Å². The second kappa shape index (κ2) is 6.83. The van der Waals surface area contributed by atoms with Crippen LogP contribution >= 0.6 is 0 Å². The van der Waals surface area contributed by atoms with Gasteiger partial charge in [-0.15, -0.1) is 0 Å². The summed E-state index contributed by atoms with van der Waals surface area (Å²) < 4.78 is 15.3. The van der Waals surface area contributed by atoms with Crippen LogP contribution in [0.5, 0.6) is 0 Å². The Morgan fingerprint density at radius 1 is 1.31 bits per heavy atom. The molecule has 4 rings (SSSR count). The second-order valence-electron chi connectivity index (χ2n) is 7.66. The van der Waals surface area contributed by atoms with E-state index in [4.69, 9.17) is 0 Å². The minimum absolute atomic E-state index is 0.0689. The Bertz CT molecular complexity index is 795. The molecule has 1 fully saturated rings. The van der Waals surface area contributed by atoms with Gasteiger partial charge < -0.3 is 9.88 Å². The highest BCUT2D eigenvalue weighted by Gasteiger charge is 2.39. The van der Waals surface area contributed by atoms with Crippen LogP contribution in [0.1, 0.15) is 50.2 Å². The molecule has 5 nitrogen and oxygen atoms in total. The van der Waals surface area contributed by atoms with Crippen LogP contribution in [0.4, 0.5) is 10.1 Å². The van der Waals surface area contributed by atoms with Crippen molar-refractivity contribution >= 4 is 11.6 Å². The van der Waals surface area contributed by atoms with E-state index in [9.17, 15) is 9.18 Å². The summed E-state index contributed by atoms with van der Waals surface area (Å²) in [6.45, 7) is 6.01. The number of aromatic nitrogens is 2. The molecule has 1 unspecified atom stereocenters. The molecular weight excluding hydrogens is 331 g/mol. The van der Waals surface area contributed by atoms with E-state index in [-0.39, 0.29) is 23.8 Å². The Morgan fingerprint density at radius 2 is 2.04 bits per heavy atom. The highest BCUT2D eigenvalue weighted by atomic mass is 19.1. The predicted molar refractivity (Wildman–Crippen MR) is 98.4 cm³/mol. The van der Waals surface area contributed by atoms with Gasteiger partial charge in [-0.25, -0.2) is 9.37 Å². The Labute approximate surface area is 153 Å². The van der Waals surface area contributed by atoms with Crippen molar-refractivity contribution in [2.24, 2.45) is 5.92 Å². The normalized spacial score (nSPS) is 20.2. The lowest BCUT2D eigenvalue weighted by molar-refractivity contribution is -0.122. The minimum Gasteiger partial charge on any atom is -0.330 e. The van der Waals surface area contributed by atoms with E-state index in [1.54, 1.807) is 12.1 Å². The molecule has 1 aromatic carbocycles. The van der Waals surface area contributed by atoms with Gasteiger partial charge in [-0.1, -0.05) is 0 Å². The first-order valence-electron chi connectivity index (χ1n) is 9.39. The van der Waals surface area contributed by atoms with Gasteiger partial charge in [0.05, 0.1) is 17.7 Å². The Kier molecular flexibility index (Phi) is 4.53. The van der Waals surface area contributed by atoms with Crippen LogP contribution in [0, 0.1) is 11.7 Å². The lowest BCUT2D eigenvalue weighted by atomic mass is 10.00. The highest BCUT2D eigenvalue weighted by Crippen LogP contribution is 2.37. The van der Waals surface area contributed by atoms with Crippen molar-refractivity contribution in [2.45, 2.75) is 45.2 Å². The van der Waals surface area contributed by atoms with Gasteiger partial charge in [0.25, 0.3) is 0 Å². The number of imidazole rings is 1. The van der Waals surface area contributed by atoms with E-state index in [2.05, 4.69) is 33.6 Å². The SMILES string of the molecule is CC(C)n1cnc2c1C(C(=O)Nc1ccc(F)cc1)N(CC1CC1)CC2. The number of fused-ring (bicyclic) bond motifs is 1. The molecule has 138 valence electrons. The number of anilines is 1. The monoisotopic (exact) mass is 356 g/mol. The summed E-state index contributed by atoms with van der Waals surface area (Å²) in [6.07, 6.45) is 5.23. The Morgan fingerprint density at radius 3 is 2.69 bits per heavy atom. The topological polar surface area (TPSA) is 50.2 Å². The lowest BCUT2D eigenvalue weighted by Gasteiger charge is -2.36. The van der Waals surface area contributed by atoms with Crippen molar-refractivity contribution in [2.75, 3.05) is 18.4 Å². The number of rotatable bonds is 5. The molecular formula is C20H25FN4O. The number of carbonyl (C=O) groups is 1. The van der Waals surface area contributed by atoms with Crippen LogP contribution in [0.2, 0.25) is 0 Å². The molecule has 1 amide bonds. The number of nitrogens with zero attached hydrogens (tertiary/aromatic N) is 3. The van der Waals surface area contributed by atoms with Gasteiger partial charge in [0.15, 0.2) is 0 Å². The van der Waals surface area contributed by atoms with E-state index >= 15 is 0 Å². The Hall–Kier alpha value is -2.21. The van der Waals surface area contributed by atoms with E-state index < -0.39 is 0 Å². The molecule has 2 aliphatic rings. The van der Waals surface area contributed by atoms with Crippen LogP contribution in [0.25, 0.3) is 0 Å². The zero-order valence-corrected chi connectivity index (χ0v) is 15.3. The van der Waals surface area contributed by atoms with Crippen molar-refractivity contribution in [3.05, 3.63) is 47.8 Å². The number of halogens is 1. The van der Waals surface area contributed by atoms with Crippen molar-refractivity contribution < 1.29 is 9.18 Å². The molecule has 1 aromatic heterocycles. The fourth-order valence-corrected chi connectivity index (χ4v) is 3.73. The van der Waals surface area contributed by atoms with Gasteiger partial charge in [0, 0.05) is 31.2 Å². The second-order valence-corrected chi connectivity index (χ2v) is 7.66. The van der Waals surface area contributed by atoms with Crippen molar-refractivity contribution in [1.82, 2.24) is 14.5 Å². The third kappa shape index (κ3) is 3.38. The molecule has 2 aromatic rings. The molecule has 0 spiro atoms. The first kappa shape index (κ1) is 17.2. The predicted octanol–water partition coefficient (Wildman–Crippen LogP) is 3.55. The number of benzene rings is 1. The van der Waals surface area contributed by atoms with Crippen LogP contribution < -0.4 is 5.32 Å². The molecule has 1 aliphatic carbocycles. The van der Waals surface area contributed by atoms with Crippen molar-refractivity contribution in [1.29, 1.82) is 0 Å². The third-order valence-corrected chi connectivity index (χ3v) is 5.28. The fourth-order valence-electron chi connectivity index (χ4n) is 3.73. The highest BCUT2D eigenvalue weighted by molar-refractivity contribution is 5.95. The number of amides is 1. The standard InChI is InChI=1S/C20H25FN4O/c1-13(2)25-12-22-17-9-10-24(11-14-3-4-14)19(18(17)25)20(26)23-16-7-5-15(21)6-8-16/h5-8,12-14,19H,3-4,9-11H2,1-2H3,(H,23,26). The number of hydrogen-bond donors (Lipinski definition) is 1. The van der Waals surface area contributed by atoms with Gasteiger partial charge in [0.1, 0.15) is 11.9 Å². The van der Waals surface area contributed by atoms with Crippen molar-refractivity contribution in [3.63, 3.8) is 0 Å². The summed E-state index contributed by atoms with van der Waals surface area (Å²) >= 11 is 0. The Balaban J connectivity index is 1.65. The molecule has 26 heavy (non-hydrogen) atoms. The van der Waals surface area contributed by atoms with Crippen LogP contribution in [0.15, 0.2) is 30.6 Å². The number of nitrogens with one attached hydrogen (secondary N) is 1. The maximum absolute atomic E-state index is 13.2. The van der Waals surface area contributed by atoms with Gasteiger partial charge >= 0.3 is 0 Å². The van der Waals surface area contributed by atoms with Crippen LogP contribution in [0.3, 0.4) is 0 Å². The maximum Gasteiger partial charge on any atom is 0.247 e. The van der Waals surface area contributed by atoms with Gasteiger partial charge in [0.2, 0.25) is 5.91 Å². The fraction of sp³-hybridized carbons (Fsp3) is 0.500. The van der Waals surface area contributed by atoms with Gasteiger partial charge in [-0.3, -0.25) is 9.69 Å². The van der Waals surface area contributed by atoms with E-state index in [0.717, 1.165) is 30.9 Å². The summed E-state index contributed by atoms with van der Waals surface area (Å²) in [6, 6.07) is 5.82. The first-order valence-corrected chi connectivity index (χ1v) is 9.39. The summed E-state index contributed by atoms with van der Waals surface area (Å²) in [5.74, 6) is 0.324. The molecule has 0 bridgehead atoms. The summed E-state index contributed by atoms with van der Waals surface area (Å²) in [5, 5.41) is 2.97. The molecule has 0 radical (unpaired) electrons. The summed E-state index contributed by atoms with van der Waals surface area (Å²) in [7, 11) is 0. The van der Waals surface area contributed by atoms with Gasteiger partial charge in [-0.05, 0) is 56.9 Å². The van der Waals surface area contributed by atoms with Crippen LogP contribution in [-0.2, 0) is 11.2 Å². The van der Waals surface area contributed by atoms with Crippen LogP contribution in [-0.4, -0.2) is 33.4 Å². The smallest absolute Gasteiger partial charge is 0.247 e. The number of hydrogen-bond acceptors (Lipinski definition) is 3. The molecule has 6 heteroatoms. The quantitative estimate of drug-likeness (QED) is 0.891. The molecule has 0 saturated heterocycles. The average molecular weight is 356 g/mol. The largest absolute Gasteiger partial charge is 0.330 e. The molecule has 2 heterocycles. The third-order valence-electron chi connectivity index (χ3n) is 5.28. The summed E-state index contributed by atoms with van der Waals surface area (Å²) in [5.41, 5.74) is 2.64. The minimum atomic E-state index is -0.352.